The minimum Gasteiger partial charge on any atom is -0.465 e. The van der Waals surface area contributed by atoms with Gasteiger partial charge in [-0.25, -0.2) is 0 Å². The molecule has 0 unspecified atom stereocenters. The number of hydrogen-bond acceptors (Lipinski definition) is 3. The second-order valence-electron chi connectivity index (χ2n) is 3.04. The third-order valence-electron chi connectivity index (χ3n) is 1.87. The molecular weight excluding hydrogens is 142 g/mol. The summed E-state index contributed by atoms with van der Waals surface area (Å²) in [4.78, 5) is 11.0. The van der Waals surface area contributed by atoms with Gasteiger partial charge >= 0.3 is 5.97 Å². The van der Waals surface area contributed by atoms with E-state index in [0.717, 1.165) is 6.42 Å². The van der Waals surface area contributed by atoms with Crippen LogP contribution in [-0.2, 0) is 9.53 Å². The number of esters is 1. The van der Waals surface area contributed by atoms with Gasteiger partial charge in [0, 0.05) is 0 Å². The maximum absolute atomic E-state index is 11.0. The van der Waals surface area contributed by atoms with Gasteiger partial charge in [0.2, 0.25) is 0 Å². The average Bonchev–Trinajstić information content (AvgIpc) is 2.72. The van der Waals surface area contributed by atoms with Gasteiger partial charge in [0.05, 0.1) is 6.61 Å². The van der Waals surface area contributed by atoms with E-state index in [4.69, 9.17) is 10.5 Å². The Hall–Kier alpha value is -0.570. The zero-order valence-corrected chi connectivity index (χ0v) is 6.88. The number of hydrogen-bond donors (Lipinski definition) is 1. The van der Waals surface area contributed by atoms with Crippen molar-refractivity contribution in [3.05, 3.63) is 0 Å². The molecule has 0 aromatic carbocycles. The average molecular weight is 157 g/mol. The smallest absolute Gasteiger partial charge is 0.322 e. The van der Waals surface area contributed by atoms with Gasteiger partial charge in [0.25, 0.3) is 0 Å². The van der Waals surface area contributed by atoms with Crippen molar-refractivity contribution in [2.75, 3.05) is 6.61 Å². The summed E-state index contributed by atoms with van der Waals surface area (Å²) < 4.78 is 4.77. The van der Waals surface area contributed by atoms with E-state index in [9.17, 15) is 4.79 Å². The Morgan fingerprint density at radius 2 is 2.36 bits per heavy atom. The van der Waals surface area contributed by atoms with Gasteiger partial charge in [0.1, 0.15) is 6.04 Å². The molecule has 1 atom stereocenters. The largest absolute Gasteiger partial charge is 0.465 e. The van der Waals surface area contributed by atoms with Crippen LogP contribution in [0.5, 0.6) is 0 Å². The first kappa shape index (κ1) is 8.53. The Morgan fingerprint density at radius 1 is 1.73 bits per heavy atom. The van der Waals surface area contributed by atoms with Crippen LogP contribution in [0.25, 0.3) is 0 Å². The van der Waals surface area contributed by atoms with Crippen LogP contribution in [0.15, 0.2) is 0 Å². The van der Waals surface area contributed by atoms with Crippen molar-refractivity contribution in [1.29, 1.82) is 0 Å². The normalized spacial score (nSPS) is 19.5. The lowest BCUT2D eigenvalue weighted by molar-refractivity contribution is -0.144. The number of carbonyl (C=O) groups excluding carboxylic acids is 1. The lowest BCUT2D eigenvalue weighted by Gasteiger charge is -2.08. The fourth-order valence-electron chi connectivity index (χ4n) is 1.06. The van der Waals surface area contributed by atoms with E-state index in [-0.39, 0.29) is 12.0 Å². The van der Waals surface area contributed by atoms with E-state index in [0.29, 0.717) is 12.5 Å². The highest BCUT2D eigenvalue weighted by atomic mass is 16.5. The standard InChI is InChI=1S/C8H15NO2/c1-2-11-8(10)7(9)5-6-3-4-6/h6-7H,2-5,9H2,1H3/t7-/m0/s1. The van der Waals surface area contributed by atoms with E-state index >= 15 is 0 Å². The number of ether oxygens (including phenoxy) is 1. The molecule has 1 rings (SSSR count). The molecule has 0 amide bonds. The van der Waals surface area contributed by atoms with Gasteiger partial charge in [-0.3, -0.25) is 4.79 Å². The van der Waals surface area contributed by atoms with Crippen LogP contribution in [0.1, 0.15) is 26.2 Å². The van der Waals surface area contributed by atoms with Crippen molar-refractivity contribution in [2.24, 2.45) is 11.7 Å². The van der Waals surface area contributed by atoms with E-state index in [1.165, 1.54) is 12.8 Å². The Balaban J connectivity index is 2.15. The van der Waals surface area contributed by atoms with Crippen molar-refractivity contribution in [2.45, 2.75) is 32.2 Å². The van der Waals surface area contributed by atoms with Crippen LogP contribution in [0.2, 0.25) is 0 Å². The Bertz CT molecular complexity index is 143. The van der Waals surface area contributed by atoms with Gasteiger partial charge in [-0.2, -0.15) is 0 Å². The highest BCUT2D eigenvalue weighted by Crippen LogP contribution is 2.33. The topological polar surface area (TPSA) is 52.3 Å². The molecular formula is C8H15NO2. The molecule has 1 aliphatic carbocycles. The highest BCUT2D eigenvalue weighted by molar-refractivity contribution is 5.75. The first-order valence-corrected chi connectivity index (χ1v) is 4.16. The number of rotatable bonds is 4. The summed E-state index contributed by atoms with van der Waals surface area (Å²) in [6.45, 7) is 2.22. The van der Waals surface area contributed by atoms with E-state index < -0.39 is 0 Å². The second-order valence-corrected chi connectivity index (χ2v) is 3.04. The van der Waals surface area contributed by atoms with Crippen LogP contribution >= 0.6 is 0 Å². The zero-order chi connectivity index (χ0) is 8.27. The number of carbonyl (C=O) groups is 1. The minimum atomic E-state index is -0.387. The quantitative estimate of drug-likeness (QED) is 0.610. The fraction of sp³-hybridized carbons (Fsp3) is 0.875. The molecule has 64 valence electrons. The van der Waals surface area contributed by atoms with Gasteiger partial charge in [-0.15, -0.1) is 0 Å². The minimum absolute atomic E-state index is 0.251. The lowest BCUT2D eigenvalue weighted by Crippen LogP contribution is -2.32. The monoisotopic (exact) mass is 157 g/mol. The summed E-state index contributed by atoms with van der Waals surface area (Å²) in [6.07, 6.45) is 3.26. The summed E-state index contributed by atoms with van der Waals surface area (Å²) >= 11 is 0. The predicted octanol–water partition coefficient (Wildman–Crippen LogP) is 0.677. The van der Waals surface area contributed by atoms with Gasteiger partial charge in [-0.1, -0.05) is 12.8 Å². The zero-order valence-electron chi connectivity index (χ0n) is 6.88. The van der Waals surface area contributed by atoms with Gasteiger partial charge < -0.3 is 10.5 Å². The van der Waals surface area contributed by atoms with E-state index in [2.05, 4.69) is 0 Å². The molecule has 0 bridgehead atoms. The summed E-state index contributed by atoms with van der Waals surface area (Å²) in [5.41, 5.74) is 5.57. The molecule has 0 aliphatic heterocycles. The maximum Gasteiger partial charge on any atom is 0.322 e. The molecule has 0 aromatic rings. The Kier molecular flexibility index (Phi) is 2.88. The van der Waals surface area contributed by atoms with Gasteiger partial charge in [-0.05, 0) is 19.3 Å². The summed E-state index contributed by atoms with van der Waals surface area (Å²) in [5, 5.41) is 0. The molecule has 11 heavy (non-hydrogen) atoms. The summed E-state index contributed by atoms with van der Waals surface area (Å²) in [7, 11) is 0. The first-order valence-electron chi connectivity index (χ1n) is 4.16. The number of nitrogens with two attached hydrogens (primary N) is 1. The third kappa shape index (κ3) is 2.89. The third-order valence-corrected chi connectivity index (χ3v) is 1.87. The van der Waals surface area contributed by atoms with Gasteiger partial charge in [0.15, 0.2) is 0 Å². The molecule has 0 saturated heterocycles. The van der Waals surface area contributed by atoms with Crippen LogP contribution in [0.4, 0.5) is 0 Å². The molecule has 2 N–H and O–H groups in total. The highest BCUT2D eigenvalue weighted by Gasteiger charge is 2.27. The van der Waals surface area contributed by atoms with Crippen molar-refractivity contribution in [1.82, 2.24) is 0 Å². The Morgan fingerprint density at radius 3 is 2.82 bits per heavy atom. The first-order chi connectivity index (χ1) is 5.24. The fourth-order valence-corrected chi connectivity index (χ4v) is 1.06. The lowest BCUT2D eigenvalue weighted by atomic mass is 10.1. The summed E-state index contributed by atoms with van der Waals surface area (Å²) in [5.74, 6) is 0.439. The second kappa shape index (κ2) is 3.72. The van der Waals surface area contributed by atoms with Crippen LogP contribution < -0.4 is 5.73 Å². The van der Waals surface area contributed by atoms with Crippen LogP contribution in [-0.4, -0.2) is 18.6 Å². The molecule has 3 heteroatoms. The van der Waals surface area contributed by atoms with E-state index in [1.807, 2.05) is 0 Å². The van der Waals surface area contributed by atoms with E-state index in [1.54, 1.807) is 6.92 Å². The van der Waals surface area contributed by atoms with Crippen molar-refractivity contribution >= 4 is 5.97 Å². The van der Waals surface area contributed by atoms with Crippen LogP contribution in [0.3, 0.4) is 0 Å². The maximum atomic E-state index is 11.0. The molecule has 0 radical (unpaired) electrons. The molecule has 0 spiro atoms. The molecule has 1 aliphatic rings. The van der Waals surface area contributed by atoms with Crippen molar-refractivity contribution < 1.29 is 9.53 Å². The molecule has 0 aromatic heterocycles. The predicted molar refractivity (Wildman–Crippen MR) is 41.9 cm³/mol. The SMILES string of the molecule is CCOC(=O)[C@@H](N)CC1CC1. The molecule has 3 nitrogen and oxygen atoms in total. The molecule has 1 fully saturated rings. The van der Waals surface area contributed by atoms with Crippen LogP contribution in [0, 0.1) is 5.92 Å². The Labute approximate surface area is 66.9 Å². The molecule has 1 saturated carbocycles. The van der Waals surface area contributed by atoms with Crippen molar-refractivity contribution in [3.8, 4) is 0 Å². The molecule has 0 heterocycles. The summed E-state index contributed by atoms with van der Waals surface area (Å²) in [6, 6.07) is -0.387. The van der Waals surface area contributed by atoms with Crippen molar-refractivity contribution in [3.63, 3.8) is 0 Å².